The molecule has 1 fully saturated rings. The number of aromatic nitrogens is 1. The molecule has 1 atom stereocenters. The van der Waals surface area contributed by atoms with Crippen molar-refractivity contribution in [3.63, 3.8) is 0 Å². The van der Waals surface area contributed by atoms with Gasteiger partial charge < -0.3 is 19.9 Å². The number of halogens is 3. The van der Waals surface area contributed by atoms with Gasteiger partial charge in [0.2, 0.25) is 5.43 Å². The van der Waals surface area contributed by atoms with E-state index in [-0.39, 0.29) is 28.3 Å². The fraction of sp³-hybridized carbons (Fsp3) is 0.238. The second kappa shape index (κ2) is 10.0. The van der Waals surface area contributed by atoms with Crippen molar-refractivity contribution in [1.29, 1.82) is 0 Å². The van der Waals surface area contributed by atoms with E-state index in [0.717, 1.165) is 29.0 Å². The molecule has 1 aliphatic rings. The maximum Gasteiger partial charge on any atom is 0.341 e. The highest BCUT2D eigenvalue weighted by Gasteiger charge is 2.23. The monoisotopic (exact) mass is 514 g/mol. The van der Waals surface area contributed by atoms with Crippen LogP contribution < -0.4 is 20.8 Å². The Kier molecular flexibility index (Phi) is 7.50. The molecule has 0 aliphatic carbocycles. The number of nitrogens with two attached hydrogens (primary N) is 1. The van der Waals surface area contributed by atoms with Crippen LogP contribution in [-0.2, 0) is 10.3 Å². The number of hydrogen-bond donors (Lipinski definition) is 4. The standard InChI is InChI=1S/C21H18F3N3O3.H3NO3S/c1-11-9-26(5-4-25-11)19-8-18-13(7-16(19)24)20(28)14(21(29)30)10-27(18)17-3-2-12(22)6-15(17)23;1-5(2,3)4/h2-3,6-8,10-11,25H,4-5,9H2,1H3,(H,29,30);(H3,1,2,3,4). The van der Waals surface area contributed by atoms with E-state index in [1.807, 2.05) is 6.92 Å². The Bertz CT molecular complexity index is 1450. The third kappa shape index (κ3) is 6.16. The van der Waals surface area contributed by atoms with Gasteiger partial charge in [0.25, 0.3) is 0 Å². The quantitative estimate of drug-likeness (QED) is 0.385. The van der Waals surface area contributed by atoms with Crippen LogP contribution in [0.15, 0.2) is 41.3 Å². The Hall–Kier alpha value is -3.46. The van der Waals surface area contributed by atoms with Crippen LogP contribution in [0.5, 0.6) is 0 Å². The highest BCUT2D eigenvalue weighted by atomic mass is 32.2. The zero-order valence-corrected chi connectivity index (χ0v) is 19.0. The van der Waals surface area contributed by atoms with Crippen LogP contribution in [0.2, 0.25) is 0 Å². The van der Waals surface area contributed by atoms with E-state index in [9.17, 15) is 27.9 Å². The summed E-state index contributed by atoms with van der Waals surface area (Å²) >= 11 is 0. The molecular formula is C21H21F3N4O6S. The average molecular weight is 514 g/mol. The molecule has 0 spiro atoms. The number of carbonyl (C=O) groups is 1. The van der Waals surface area contributed by atoms with E-state index in [2.05, 4.69) is 10.5 Å². The Balaban J connectivity index is 0.000000623. The van der Waals surface area contributed by atoms with Gasteiger partial charge in [0.05, 0.1) is 16.9 Å². The summed E-state index contributed by atoms with van der Waals surface area (Å²) in [6.45, 7) is 3.63. The molecule has 0 bridgehead atoms. The van der Waals surface area contributed by atoms with E-state index in [1.165, 1.54) is 6.07 Å². The predicted octanol–water partition coefficient (Wildman–Crippen LogP) is 1.65. The number of benzene rings is 2. The minimum atomic E-state index is -4.17. The lowest BCUT2D eigenvalue weighted by molar-refractivity contribution is 0.0695. The van der Waals surface area contributed by atoms with Gasteiger partial charge in [0.15, 0.2) is 0 Å². The van der Waals surface area contributed by atoms with Crippen LogP contribution >= 0.6 is 0 Å². The van der Waals surface area contributed by atoms with Gasteiger partial charge in [-0.2, -0.15) is 8.42 Å². The zero-order chi connectivity index (χ0) is 26.1. The van der Waals surface area contributed by atoms with Gasteiger partial charge >= 0.3 is 16.3 Å². The maximum atomic E-state index is 14.9. The molecule has 188 valence electrons. The topological polar surface area (TPSA) is 155 Å². The molecule has 1 unspecified atom stereocenters. The lowest BCUT2D eigenvalue weighted by Gasteiger charge is -2.34. The second-order valence-corrected chi connectivity index (χ2v) is 8.81. The molecule has 4 rings (SSSR count). The summed E-state index contributed by atoms with van der Waals surface area (Å²) < 4.78 is 69.2. The highest BCUT2D eigenvalue weighted by Crippen LogP contribution is 2.28. The van der Waals surface area contributed by atoms with E-state index < -0.39 is 44.7 Å². The lowest BCUT2D eigenvalue weighted by Crippen LogP contribution is -2.49. The Morgan fingerprint density at radius 2 is 1.77 bits per heavy atom. The van der Waals surface area contributed by atoms with Crippen molar-refractivity contribution >= 4 is 32.9 Å². The predicted molar refractivity (Wildman–Crippen MR) is 122 cm³/mol. The number of rotatable bonds is 3. The number of pyridine rings is 1. The fourth-order valence-electron chi connectivity index (χ4n) is 3.76. The molecule has 3 aromatic rings. The van der Waals surface area contributed by atoms with Crippen molar-refractivity contribution in [2.75, 3.05) is 24.5 Å². The number of nitrogens with zero attached hydrogens (tertiary/aromatic N) is 2. The minimum Gasteiger partial charge on any atom is -0.477 e. The van der Waals surface area contributed by atoms with Gasteiger partial charge in [-0.25, -0.2) is 23.1 Å². The molecule has 5 N–H and O–H groups in total. The minimum absolute atomic E-state index is 0.111. The number of carboxylic acids is 1. The molecule has 0 amide bonds. The summed E-state index contributed by atoms with van der Waals surface area (Å²) in [4.78, 5) is 26.0. The SMILES string of the molecule is CC1CN(c2cc3c(cc2F)c(=O)c(C(=O)O)cn3-c2ccc(F)cc2F)CCN1.NS(=O)(=O)O. The molecule has 0 saturated carbocycles. The van der Waals surface area contributed by atoms with Gasteiger partial charge in [0.1, 0.15) is 23.0 Å². The molecule has 2 aromatic carbocycles. The first-order valence-electron chi connectivity index (χ1n) is 10.1. The fourth-order valence-corrected chi connectivity index (χ4v) is 3.76. The molecular weight excluding hydrogens is 493 g/mol. The van der Waals surface area contributed by atoms with E-state index in [0.29, 0.717) is 25.7 Å². The van der Waals surface area contributed by atoms with E-state index in [4.69, 9.17) is 13.0 Å². The lowest BCUT2D eigenvalue weighted by atomic mass is 10.1. The van der Waals surface area contributed by atoms with Crippen molar-refractivity contribution in [1.82, 2.24) is 9.88 Å². The summed E-state index contributed by atoms with van der Waals surface area (Å²) in [5.74, 6) is -3.96. The number of nitrogens with one attached hydrogen (secondary N) is 1. The van der Waals surface area contributed by atoms with Crippen LogP contribution in [0.4, 0.5) is 18.9 Å². The molecule has 0 radical (unpaired) electrons. The number of hydrogen-bond acceptors (Lipinski definition) is 6. The van der Waals surface area contributed by atoms with E-state index >= 15 is 0 Å². The van der Waals surface area contributed by atoms with Crippen LogP contribution in [0.3, 0.4) is 0 Å². The molecule has 1 aliphatic heterocycles. The van der Waals surface area contributed by atoms with E-state index in [1.54, 1.807) is 4.90 Å². The summed E-state index contributed by atoms with van der Waals surface area (Å²) in [5.41, 5.74) is -1.34. The van der Waals surface area contributed by atoms with Crippen molar-refractivity contribution in [3.8, 4) is 5.69 Å². The van der Waals surface area contributed by atoms with Gasteiger partial charge in [0, 0.05) is 43.3 Å². The van der Waals surface area contributed by atoms with Crippen LogP contribution in [0, 0.1) is 17.5 Å². The molecule has 10 nitrogen and oxygen atoms in total. The number of fused-ring (bicyclic) bond motifs is 1. The van der Waals surface area contributed by atoms with Crippen molar-refractivity contribution in [2.45, 2.75) is 13.0 Å². The number of anilines is 1. The first-order valence-corrected chi connectivity index (χ1v) is 11.6. The molecule has 1 saturated heterocycles. The first kappa shape index (κ1) is 26.2. The molecule has 14 heteroatoms. The van der Waals surface area contributed by atoms with Crippen LogP contribution in [0.25, 0.3) is 16.6 Å². The summed E-state index contributed by atoms with van der Waals surface area (Å²) in [6, 6.07) is 5.30. The number of carboxylic acid groups (broad SMARTS) is 1. The molecule has 1 aromatic heterocycles. The average Bonchev–Trinajstić information content (AvgIpc) is 2.73. The largest absolute Gasteiger partial charge is 0.477 e. The summed E-state index contributed by atoms with van der Waals surface area (Å²) in [5, 5.41) is 16.3. The van der Waals surface area contributed by atoms with Crippen LogP contribution in [0.1, 0.15) is 17.3 Å². The number of aromatic carboxylic acids is 1. The van der Waals surface area contributed by atoms with Gasteiger partial charge in [-0.15, -0.1) is 0 Å². The van der Waals surface area contributed by atoms with Crippen molar-refractivity contribution in [2.24, 2.45) is 5.14 Å². The second-order valence-electron chi connectivity index (χ2n) is 7.78. The van der Waals surface area contributed by atoms with Gasteiger partial charge in [-0.1, -0.05) is 0 Å². The van der Waals surface area contributed by atoms with Crippen molar-refractivity contribution < 1.29 is 36.0 Å². The Morgan fingerprint density at radius 3 is 2.34 bits per heavy atom. The third-order valence-corrected chi connectivity index (χ3v) is 5.18. The Morgan fingerprint density at radius 1 is 1.14 bits per heavy atom. The maximum absolute atomic E-state index is 14.9. The highest BCUT2D eigenvalue weighted by molar-refractivity contribution is 7.83. The normalized spacial score (nSPS) is 16.1. The van der Waals surface area contributed by atoms with Gasteiger partial charge in [-0.3, -0.25) is 9.35 Å². The smallest absolute Gasteiger partial charge is 0.341 e. The van der Waals surface area contributed by atoms with Crippen molar-refractivity contribution in [3.05, 3.63) is 69.8 Å². The van der Waals surface area contributed by atoms with Crippen LogP contribution in [-0.4, -0.2) is 54.3 Å². The zero-order valence-electron chi connectivity index (χ0n) is 18.2. The molecule has 35 heavy (non-hydrogen) atoms. The summed E-state index contributed by atoms with van der Waals surface area (Å²) in [7, 11) is -4.17. The molecule has 2 heterocycles. The number of piperazine rings is 1. The Labute approximate surface area is 197 Å². The van der Waals surface area contributed by atoms with Gasteiger partial charge in [-0.05, 0) is 31.2 Å². The first-order chi connectivity index (χ1) is 16.3. The third-order valence-electron chi connectivity index (χ3n) is 5.18. The summed E-state index contributed by atoms with van der Waals surface area (Å²) in [6.07, 6.45) is 0.978.